The SMILES string of the molecule is C[C@@H]1CN([C@@H](C)CO)C(=O)c2cc(Br)cnc2O[C@H]1CN(C)Cc1ccc(-c2ccccc2)cc1. The Balaban J connectivity index is 1.50. The first-order chi connectivity index (χ1) is 16.9. The first kappa shape index (κ1) is 25.4. The van der Waals surface area contributed by atoms with Crippen LogP contribution in [0.15, 0.2) is 71.3 Å². The van der Waals surface area contributed by atoms with Crippen molar-refractivity contribution in [1.82, 2.24) is 14.8 Å². The number of aromatic nitrogens is 1. The van der Waals surface area contributed by atoms with Crippen LogP contribution in [-0.2, 0) is 6.54 Å². The molecule has 0 aliphatic carbocycles. The highest BCUT2D eigenvalue weighted by Gasteiger charge is 2.34. The van der Waals surface area contributed by atoms with Crippen molar-refractivity contribution < 1.29 is 14.6 Å². The molecule has 1 aliphatic rings. The molecule has 0 saturated carbocycles. The number of aliphatic hydroxyl groups excluding tert-OH is 1. The number of ether oxygens (including phenoxy) is 1. The summed E-state index contributed by atoms with van der Waals surface area (Å²) in [5.41, 5.74) is 4.04. The van der Waals surface area contributed by atoms with E-state index in [1.165, 1.54) is 16.7 Å². The van der Waals surface area contributed by atoms with Crippen molar-refractivity contribution in [1.29, 1.82) is 0 Å². The van der Waals surface area contributed by atoms with Gasteiger partial charge in [0.25, 0.3) is 5.91 Å². The Bertz CT molecular complexity index is 1140. The summed E-state index contributed by atoms with van der Waals surface area (Å²) in [7, 11) is 2.08. The van der Waals surface area contributed by atoms with Gasteiger partial charge in [-0.2, -0.15) is 0 Å². The number of nitrogens with zero attached hydrogens (tertiary/aromatic N) is 3. The molecule has 2 heterocycles. The van der Waals surface area contributed by atoms with Crippen LogP contribution in [0, 0.1) is 5.92 Å². The van der Waals surface area contributed by atoms with E-state index in [2.05, 4.69) is 88.3 Å². The lowest BCUT2D eigenvalue weighted by molar-refractivity contribution is 0.0325. The van der Waals surface area contributed by atoms with Gasteiger partial charge in [-0.1, -0.05) is 61.5 Å². The summed E-state index contributed by atoms with van der Waals surface area (Å²) in [4.78, 5) is 21.6. The quantitative estimate of drug-likeness (QED) is 0.466. The Hall–Kier alpha value is -2.74. The molecule has 3 aromatic rings. The number of fused-ring (bicyclic) bond motifs is 1. The highest BCUT2D eigenvalue weighted by atomic mass is 79.9. The lowest BCUT2D eigenvalue weighted by Gasteiger charge is -2.37. The van der Waals surface area contributed by atoms with Gasteiger partial charge in [0.15, 0.2) is 0 Å². The molecule has 184 valence electrons. The van der Waals surface area contributed by atoms with E-state index in [4.69, 9.17) is 4.74 Å². The highest BCUT2D eigenvalue weighted by Crippen LogP contribution is 2.29. The van der Waals surface area contributed by atoms with Crippen LogP contribution in [0.3, 0.4) is 0 Å². The topological polar surface area (TPSA) is 65.9 Å². The van der Waals surface area contributed by atoms with Gasteiger partial charge in [0.05, 0.1) is 12.6 Å². The van der Waals surface area contributed by atoms with E-state index in [0.29, 0.717) is 29.0 Å². The van der Waals surface area contributed by atoms with Crippen LogP contribution in [0.5, 0.6) is 5.88 Å². The van der Waals surface area contributed by atoms with Crippen molar-refractivity contribution in [3.63, 3.8) is 0 Å². The second-order valence-electron chi connectivity index (χ2n) is 9.39. The molecule has 1 amide bonds. The van der Waals surface area contributed by atoms with E-state index >= 15 is 0 Å². The Morgan fingerprint density at radius 1 is 1.17 bits per heavy atom. The third kappa shape index (κ3) is 6.10. The van der Waals surface area contributed by atoms with Crippen LogP contribution in [0.1, 0.15) is 29.8 Å². The summed E-state index contributed by atoms with van der Waals surface area (Å²) in [6, 6.07) is 20.5. The molecule has 35 heavy (non-hydrogen) atoms. The van der Waals surface area contributed by atoms with Crippen molar-refractivity contribution >= 4 is 21.8 Å². The number of amides is 1. The summed E-state index contributed by atoms with van der Waals surface area (Å²) < 4.78 is 7.05. The predicted molar refractivity (Wildman–Crippen MR) is 141 cm³/mol. The zero-order chi connectivity index (χ0) is 24.9. The molecule has 7 heteroatoms. The van der Waals surface area contributed by atoms with E-state index < -0.39 is 0 Å². The molecule has 0 radical (unpaired) electrons. The molecular formula is C28H32BrN3O3. The Kier molecular flexibility index (Phi) is 8.21. The molecule has 1 aromatic heterocycles. The van der Waals surface area contributed by atoms with Crippen molar-refractivity contribution in [2.45, 2.75) is 32.5 Å². The minimum absolute atomic E-state index is 0.0504. The van der Waals surface area contributed by atoms with E-state index in [-0.39, 0.29) is 30.6 Å². The molecule has 0 bridgehead atoms. The molecule has 1 N–H and O–H groups in total. The van der Waals surface area contributed by atoms with Crippen LogP contribution < -0.4 is 4.74 Å². The zero-order valence-corrected chi connectivity index (χ0v) is 22.0. The van der Waals surface area contributed by atoms with E-state index in [1.54, 1.807) is 17.2 Å². The molecule has 4 rings (SSSR count). The monoisotopic (exact) mass is 537 g/mol. The second-order valence-corrected chi connectivity index (χ2v) is 10.3. The van der Waals surface area contributed by atoms with Gasteiger partial charge in [-0.15, -0.1) is 0 Å². The van der Waals surface area contributed by atoms with Crippen LogP contribution in [0.25, 0.3) is 11.1 Å². The summed E-state index contributed by atoms with van der Waals surface area (Å²) in [6.45, 7) is 5.79. The van der Waals surface area contributed by atoms with Gasteiger partial charge in [-0.05, 0) is 52.7 Å². The molecule has 0 fully saturated rings. The number of benzene rings is 2. The van der Waals surface area contributed by atoms with Crippen molar-refractivity contribution in [3.05, 3.63) is 82.5 Å². The summed E-state index contributed by atoms with van der Waals surface area (Å²) in [5, 5.41) is 9.77. The van der Waals surface area contributed by atoms with Crippen LogP contribution in [0.2, 0.25) is 0 Å². The highest BCUT2D eigenvalue weighted by molar-refractivity contribution is 9.10. The average Bonchev–Trinajstić information content (AvgIpc) is 2.87. The smallest absolute Gasteiger partial charge is 0.259 e. The second kappa shape index (κ2) is 11.3. The lowest BCUT2D eigenvalue weighted by atomic mass is 10.00. The molecule has 0 unspecified atom stereocenters. The molecule has 2 aromatic carbocycles. The minimum atomic E-state index is -0.295. The normalized spacial score (nSPS) is 19.0. The summed E-state index contributed by atoms with van der Waals surface area (Å²) >= 11 is 3.41. The Morgan fingerprint density at radius 3 is 2.54 bits per heavy atom. The molecule has 0 spiro atoms. The van der Waals surface area contributed by atoms with Crippen LogP contribution in [-0.4, -0.2) is 64.7 Å². The standard InChI is InChI=1S/C28H32BrN3O3/c1-19-15-32(20(2)18-33)28(34)25-13-24(29)14-30-27(25)35-26(19)17-31(3)16-21-9-11-23(12-10-21)22-7-5-4-6-8-22/h4-14,19-20,26,33H,15-18H2,1-3H3/t19-,20+,26+/m1/s1. The third-order valence-corrected chi connectivity index (χ3v) is 6.93. The van der Waals surface area contributed by atoms with E-state index in [0.717, 1.165) is 6.54 Å². The van der Waals surface area contributed by atoms with E-state index in [9.17, 15) is 9.90 Å². The van der Waals surface area contributed by atoms with Gasteiger partial charge in [0, 0.05) is 36.2 Å². The summed E-state index contributed by atoms with van der Waals surface area (Å²) in [5.74, 6) is 0.215. The fourth-order valence-corrected chi connectivity index (χ4v) is 4.74. The van der Waals surface area contributed by atoms with Crippen molar-refractivity contribution in [2.75, 3.05) is 26.7 Å². The van der Waals surface area contributed by atoms with Gasteiger partial charge in [-0.3, -0.25) is 9.69 Å². The number of rotatable bonds is 7. The fourth-order valence-electron chi connectivity index (χ4n) is 4.41. The Labute approximate surface area is 215 Å². The van der Waals surface area contributed by atoms with Gasteiger partial charge < -0.3 is 14.7 Å². The van der Waals surface area contributed by atoms with Crippen LogP contribution in [0.4, 0.5) is 0 Å². The summed E-state index contributed by atoms with van der Waals surface area (Å²) in [6.07, 6.45) is 1.48. The largest absolute Gasteiger partial charge is 0.472 e. The number of halogens is 1. The van der Waals surface area contributed by atoms with Gasteiger partial charge in [-0.25, -0.2) is 4.98 Å². The molecule has 1 aliphatic heterocycles. The van der Waals surface area contributed by atoms with Gasteiger partial charge in [0.2, 0.25) is 5.88 Å². The number of carbonyl (C=O) groups excluding carboxylic acids is 1. The van der Waals surface area contributed by atoms with Crippen molar-refractivity contribution in [2.24, 2.45) is 5.92 Å². The maximum atomic E-state index is 13.3. The first-order valence-electron chi connectivity index (χ1n) is 11.9. The molecule has 6 nitrogen and oxygen atoms in total. The van der Waals surface area contributed by atoms with Crippen LogP contribution >= 0.6 is 15.9 Å². The maximum Gasteiger partial charge on any atom is 0.259 e. The number of pyridine rings is 1. The number of likely N-dealkylation sites (N-methyl/N-ethyl adjacent to an activating group) is 1. The number of aliphatic hydroxyl groups is 1. The lowest BCUT2D eigenvalue weighted by Crippen LogP contribution is -2.49. The fraction of sp³-hybridized carbons (Fsp3) is 0.357. The maximum absolute atomic E-state index is 13.3. The predicted octanol–water partition coefficient (Wildman–Crippen LogP) is 4.86. The number of carbonyl (C=O) groups is 1. The molecule has 3 atom stereocenters. The first-order valence-corrected chi connectivity index (χ1v) is 12.7. The van der Waals surface area contributed by atoms with Gasteiger partial charge >= 0.3 is 0 Å². The molecular weight excluding hydrogens is 506 g/mol. The average molecular weight is 538 g/mol. The van der Waals surface area contributed by atoms with E-state index in [1.807, 2.05) is 13.0 Å². The zero-order valence-electron chi connectivity index (χ0n) is 20.4. The van der Waals surface area contributed by atoms with Crippen molar-refractivity contribution in [3.8, 4) is 17.0 Å². The minimum Gasteiger partial charge on any atom is -0.472 e. The molecule has 0 saturated heterocycles. The number of hydrogen-bond acceptors (Lipinski definition) is 5. The third-order valence-electron chi connectivity index (χ3n) is 6.49. The number of hydrogen-bond donors (Lipinski definition) is 1. The van der Waals surface area contributed by atoms with Gasteiger partial charge in [0.1, 0.15) is 11.7 Å². The Morgan fingerprint density at radius 2 is 1.86 bits per heavy atom.